The topological polar surface area (TPSA) is 20.3 Å². The van der Waals surface area contributed by atoms with Crippen LogP contribution < -0.4 is 0 Å². The van der Waals surface area contributed by atoms with Crippen molar-refractivity contribution in [2.75, 3.05) is 13.6 Å². The van der Waals surface area contributed by atoms with Gasteiger partial charge in [0.05, 0.1) is 0 Å². The first kappa shape index (κ1) is 16.0. The third-order valence-electron chi connectivity index (χ3n) is 5.22. The third-order valence-corrected chi connectivity index (χ3v) is 5.50. The maximum absolute atomic E-state index is 11.7. The molecule has 106 valence electrons. The Morgan fingerprint density at radius 2 is 2.11 bits per heavy atom. The van der Waals surface area contributed by atoms with Crippen LogP contribution in [-0.4, -0.2) is 29.3 Å². The minimum Gasteiger partial charge on any atom is -0.301 e. The molecule has 0 aromatic carbocycles. The molecule has 0 aliphatic carbocycles. The number of carbonyl (C=O) groups is 1. The van der Waals surface area contributed by atoms with Crippen molar-refractivity contribution in [3.63, 3.8) is 0 Å². The van der Waals surface area contributed by atoms with Crippen molar-refractivity contribution in [3.8, 4) is 0 Å². The van der Waals surface area contributed by atoms with Gasteiger partial charge in [-0.1, -0.05) is 26.7 Å². The Kier molecular flexibility index (Phi) is 5.67. The predicted octanol–water partition coefficient (Wildman–Crippen LogP) is 3.92. The van der Waals surface area contributed by atoms with Crippen molar-refractivity contribution in [3.05, 3.63) is 0 Å². The largest absolute Gasteiger partial charge is 0.301 e. The van der Waals surface area contributed by atoms with Crippen LogP contribution in [-0.2, 0) is 4.79 Å². The van der Waals surface area contributed by atoms with Crippen LogP contribution in [0.4, 0.5) is 0 Å². The number of carbonyl (C=O) groups excluding carboxylic acids is 1. The van der Waals surface area contributed by atoms with Gasteiger partial charge in [-0.05, 0) is 63.7 Å². The standard InChI is InChI=1S/C15H28ClNO/c1-6-7-8-13(14(16)18)12-9-10-17(5)15(3,4)11(12)2/h11-13H,6-10H2,1-5H3. The van der Waals surface area contributed by atoms with E-state index >= 15 is 0 Å². The summed E-state index contributed by atoms with van der Waals surface area (Å²) in [5.74, 6) is 0.989. The quantitative estimate of drug-likeness (QED) is 0.708. The highest BCUT2D eigenvalue weighted by molar-refractivity contribution is 6.64. The molecule has 3 unspecified atom stereocenters. The zero-order valence-corrected chi connectivity index (χ0v) is 13.3. The van der Waals surface area contributed by atoms with Crippen molar-refractivity contribution in [2.24, 2.45) is 17.8 Å². The molecule has 1 rings (SSSR count). The molecule has 0 radical (unpaired) electrons. The van der Waals surface area contributed by atoms with Crippen LogP contribution in [0.5, 0.6) is 0 Å². The summed E-state index contributed by atoms with van der Waals surface area (Å²) < 4.78 is 0. The second kappa shape index (κ2) is 6.38. The van der Waals surface area contributed by atoms with Gasteiger partial charge in [-0.15, -0.1) is 0 Å². The number of unbranched alkanes of at least 4 members (excludes halogenated alkanes) is 1. The van der Waals surface area contributed by atoms with E-state index in [0.29, 0.717) is 11.8 Å². The number of rotatable bonds is 5. The molecule has 1 aliphatic heterocycles. The molecule has 1 aliphatic rings. The van der Waals surface area contributed by atoms with Crippen molar-refractivity contribution >= 4 is 16.8 Å². The zero-order chi connectivity index (χ0) is 13.9. The van der Waals surface area contributed by atoms with Gasteiger partial charge in [0.1, 0.15) is 0 Å². The predicted molar refractivity (Wildman–Crippen MR) is 77.9 cm³/mol. The monoisotopic (exact) mass is 273 g/mol. The first-order chi connectivity index (χ1) is 8.32. The highest BCUT2D eigenvalue weighted by atomic mass is 35.5. The normalized spacial score (nSPS) is 30.1. The number of likely N-dealkylation sites (tertiary alicyclic amines) is 1. The molecule has 0 saturated carbocycles. The highest BCUT2D eigenvalue weighted by Gasteiger charge is 2.43. The summed E-state index contributed by atoms with van der Waals surface area (Å²) in [6.45, 7) is 10.1. The lowest BCUT2D eigenvalue weighted by molar-refractivity contribution is -0.120. The summed E-state index contributed by atoms with van der Waals surface area (Å²) in [5, 5.41) is -0.124. The minimum atomic E-state index is -0.124. The maximum atomic E-state index is 11.7. The molecule has 1 saturated heterocycles. The van der Waals surface area contributed by atoms with Crippen LogP contribution in [0.25, 0.3) is 0 Å². The fourth-order valence-electron chi connectivity index (χ4n) is 3.22. The van der Waals surface area contributed by atoms with Gasteiger partial charge >= 0.3 is 0 Å². The van der Waals surface area contributed by atoms with E-state index in [1.807, 2.05) is 0 Å². The van der Waals surface area contributed by atoms with Gasteiger partial charge in [-0.25, -0.2) is 0 Å². The average molecular weight is 274 g/mol. The van der Waals surface area contributed by atoms with E-state index in [1.165, 1.54) is 0 Å². The number of piperidine rings is 1. The lowest BCUT2D eigenvalue weighted by Crippen LogP contribution is -2.55. The highest BCUT2D eigenvalue weighted by Crippen LogP contribution is 2.41. The molecule has 0 spiro atoms. The van der Waals surface area contributed by atoms with Gasteiger partial charge in [-0.2, -0.15) is 0 Å². The van der Waals surface area contributed by atoms with Gasteiger partial charge in [0.2, 0.25) is 5.24 Å². The molecule has 0 N–H and O–H groups in total. The minimum absolute atomic E-state index is 0.0505. The lowest BCUT2D eigenvalue weighted by Gasteiger charge is -2.50. The average Bonchev–Trinajstić information content (AvgIpc) is 2.29. The molecule has 0 aromatic heterocycles. The second-order valence-corrected chi connectivity index (χ2v) is 6.74. The number of nitrogens with zero attached hydrogens (tertiary/aromatic N) is 1. The lowest BCUT2D eigenvalue weighted by atomic mass is 9.67. The summed E-state index contributed by atoms with van der Waals surface area (Å²) in [6, 6.07) is 0. The van der Waals surface area contributed by atoms with Gasteiger partial charge in [0.25, 0.3) is 0 Å². The summed E-state index contributed by atoms with van der Waals surface area (Å²) >= 11 is 5.86. The molecule has 2 nitrogen and oxygen atoms in total. The molecule has 0 aromatic rings. The Morgan fingerprint density at radius 1 is 1.50 bits per heavy atom. The summed E-state index contributed by atoms with van der Waals surface area (Å²) in [4.78, 5) is 14.1. The second-order valence-electron chi connectivity index (χ2n) is 6.37. The molecule has 3 atom stereocenters. The Bertz CT molecular complexity index is 290. The molecule has 0 amide bonds. The van der Waals surface area contributed by atoms with Crippen molar-refractivity contribution in [1.29, 1.82) is 0 Å². The van der Waals surface area contributed by atoms with Crippen LogP contribution in [0, 0.1) is 17.8 Å². The smallest absolute Gasteiger partial charge is 0.225 e. The maximum Gasteiger partial charge on any atom is 0.225 e. The summed E-state index contributed by atoms with van der Waals surface area (Å²) in [7, 11) is 2.18. The van der Waals surface area contributed by atoms with Crippen LogP contribution in [0.3, 0.4) is 0 Å². The van der Waals surface area contributed by atoms with E-state index in [9.17, 15) is 4.79 Å². The van der Waals surface area contributed by atoms with Gasteiger partial charge in [-0.3, -0.25) is 4.79 Å². The van der Waals surface area contributed by atoms with Crippen LogP contribution in [0.2, 0.25) is 0 Å². The van der Waals surface area contributed by atoms with Gasteiger partial charge in [0, 0.05) is 11.5 Å². The summed E-state index contributed by atoms with van der Waals surface area (Å²) in [5.41, 5.74) is 0.153. The van der Waals surface area contributed by atoms with Crippen LogP contribution >= 0.6 is 11.6 Å². The zero-order valence-electron chi connectivity index (χ0n) is 12.5. The van der Waals surface area contributed by atoms with Crippen molar-refractivity contribution < 1.29 is 4.79 Å². The van der Waals surface area contributed by atoms with E-state index < -0.39 is 0 Å². The fourth-order valence-corrected chi connectivity index (χ4v) is 3.49. The van der Waals surface area contributed by atoms with Crippen molar-refractivity contribution in [2.45, 2.75) is 58.9 Å². The first-order valence-corrected chi connectivity index (χ1v) is 7.60. The molecule has 18 heavy (non-hydrogen) atoms. The van der Waals surface area contributed by atoms with E-state index in [0.717, 1.165) is 32.2 Å². The van der Waals surface area contributed by atoms with Gasteiger partial charge < -0.3 is 4.90 Å². The fraction of sp³-hybridized carbons (Fsp3) is 0.933. The number of hydrogen-bond acceptors (Lipinski definition) is 2. The Balaban J connectivity index is 2.82. The van der Waals surface area contributed by atoms with E-state index in [2.05, 4.69) is 39.6 Å². The molecular weight excluding hydrogens is 246 g/mol. The van der Waals surface area contributed by atoms with Crippen molar-refractivity contribution in [1.82, 2.24) is 4.90 Å². The SMILES string of the molecule is CCCCC(C(=O)Cl)C1CCN(C)C(C)(C)C1C. The van der Waals surface area contributed by atoms with E-state index in [4.69, 9.17) is 11.6 Å². The Labute approximate surface area is 117 Å². The Morgan fingerprint density at radius 3 is 2.61 bits per heavy atom. The molecule has 3 heteroatoms. The third kappa shape index (κ3) is 3.27. The van der Waals surface area contributed by atoms with Crippen LogP contribution in [0.15, 0.2) is 0 Å². The van der Waals surface area contributed by atoms with Gasteiger partial charge in [0.15, 0.2) is 0 Å². The van der Waals surface area contributed by atoms with E-state index in [-0.39, 0.29) is 16.7 Å². The first-order valence-electron chi connectivity index (χ1n) is 7.23. The summed E-state index contributed by atoms with van der Waals surface area (Å²) in [6.07, 6.45) is 4.27. The number of halogens is 1. The molecule has 1 fully saturated rings. The molecule has 1 heterocycles. The molecule has 0 bridgehead atoms. The molecular formula is C15H28ClNO. The Hall–Kier alpha value is -0.0800. The van der Waals surface area contributed by atoms with Crippen LogP contribution in [0.1, 0.15) is 53.4 Å². The number of hydrogen-bond donors (Lipinski definition) is 0. The van der Waals surface area contributed by atoms with E-state index in [1.54, 1.807) is 0 Å².